The Morgan fingerprint density at radius 3 is 2.23 bits per heavy atom. The maximum atomic E-state index is 10.7. The summed E-state index contributed by atoms with van der Waals surface area (Å²) in [5, 5.41) is 0. The molecular weight excluding hydrogens is 164 g/mol. The fourth-order valence-electron chi connectivity index (χ4n) is 1.09. The second-order valence-corrected chi connectivity index (χ2v) is 3.33. The van der Waals surface area contributed by atoms with E-state index >= 15 is 0 Å². The Kier molecular flexibility index (Phi) is 6.02. The Bertz CT molecular complexity index is 197. The van der Waals surface area contributed by atoms with Crippen molar-refractivity contribution in [3.8, 4) is 0 Å². The SMILES string of the molecule is CCCCCC/C(N)=C(/C)C(N)=O. The van der Waals surface area contributed by atoms with E-state index in [1.807, 2.05) is 0 Å². The molecule has 4 N–H and O–H groups in total. The predicted molar refractivity (Wildman–Crippen MR) is 54.8 cm³/mol. The highest BCUT2D eigenvalue weighted by Gasteiger charge is 2.02. The lowest BCUT2D eigenvalue weighted by atomic mass is 10.1. The van der Waals surface area contributed by atoms with Crippen LogP contribution in [0.3, 0.4) is 0 Å². The van der Waals surface area contributed by atoms with Gasteiger partial charge in [-0.15, -0.1) is 0 Å². The lowest BCUT2D eigenvalue weighted by Crippen LogP contribution is -2.16. The average Bonchev–Trinajstić information content (AvgIpc) is 2.10. The van der Waals surface area contributed by atoms with Gasteiger partial charge in [0.2, 0.25) is 5.91 Å². The topological polar surface area (TPSA) is 69.1 Å². The Morgan fingerprint density at radius 2 is 1.77 bits per heavy atom. The van der Waals surface area contributed by atoms with E-state index in [0.717, 1.165) is 12.8 Å². The fraction of sp³-hybridized carbons (Fsp3) is 0.700. The fourth-order valence-corrected chi connectivity index (χ4v) is 1.09. The van der Waals surface area contributed by atoms with Crippen molar-refractivity contribution >= 4 is 5.91 Å². The van der Waals surface area contributed by atoms with Gasteiger partial charge in [-0.2, -0.15) is 0 Å². The van der Waals surface area contributed by atoms with Gasteiger partial charge in [0.1, 0.15) is 0 Å². The van der Waals surface area contributed by atoms with Crippen molar-refractivity contribution in [1.82, 2.24) is 0 Å². The summed E-state index contributed by atoms with van der Waals surface area (Å²) < 4.78 is 0. The van der Waals surface area contributed by atoms with Crippen LogP contribution in [0.15, 0.2) is 11.3 Å². The Morgan fingerprint density at radius 1 is 1.15 bits per heavy atom. The van der Waals surface area contributed by atoms with Crippen LogP contribution in [0.5, 0.6) is 0 Å². The molecule has 0 bridgehead atoms. The van der Waals surface area contributed by atoms with Crippen molar-refractivity contribution in [2.45, 2.75) is 46.0 Å². The second kappa shape index (κ2) is 6.52. The average molecular weight is 184 g/mol. The van der Waals surface area contributed by atoms with Crippen molar-refractivity contribution in [1.29, 1.82) is 0 Å². The smallest absolute Gasteiger partial charge is 0.246 e. The first-order valence-electron chi connectivity index (χ1n) is 4.84. The molecular formula is C10H20N2O. The van der Waals surface area contributed by atoms with Gasteiger partial charge in [0.15, 0.2) is 0 Å². The first-order chi connectivity index (χ1) is 6.09. The van der Waals surface area contributed by atoms with E-state index in [4.69, 9.17) is 11.5 Å². The molecule has 13 heavy (non-hydrogen) atoms. The Hall–Kier alpha value is -0.990. The highest BCUT2D eigenvalue weighted by atomic mass is 16.1. The highest BCUT2D eigenvalue weighted by Crippen LogP contribution is 2.09. The predicted octanol–water partition coefficient (Wildman–Crippen LogP) is 1.67. The van der Waals surface area contributed by atoms with Crippen LogP contribution in [0, 0.1) is 0 Å². The van der Waals surface area contributed by atoms with E-state index in [9.17, 15) is 4.79 Å². The minimum atomic E-state index is -0.409. The standard InChI is InChI=1S/C10H20N2O/c1-3-4-5-6-7-9(11)8(2)10(12)13/h3-7,11H2,1-2H3,(H2,12,13)/b9-8+. The largest absolute Gasteiger partial charge is 0.402 e. The van der Waals surface area contributed by atoms with Crippen LogP contribution in [-0.2, 0) is 4.79 Å². The maximum Gasteiger partial charge on any atom is 0.246 e. The van der Waals surface area contributed by atoms with Crippen LogP contribution < -0.4 is 11.5 Å². The lowest BCUT2D eigenvalue weighted by Gasteiger charge is -2.04. The number of hydrogen-bond donors (Lipinski definition) is 2. The van der Waals surface area contributed by atoms with Gasteiger partial charge in [0.25, 0.3) is 0 Å². The third-order valence-electron chi connectivity index (χ3n) is 2.15. The van der Waals surface area contributed by atoms with Gasteiger partial charge < -0.3 is 11.5 Å². The van der Waals surface area contributed by atoms with Crippen molar-refractivity contribution in [2.24, 2.45) is 11.5 Å². The molecule has 3 heteroatoms. The number of unbranched alkanes of at least 4 members (excludes halogenated alkanes) is 3. The summed E-state index contributed by atoms with van der Waals surface area (Å²) in [7, 11) is 0. The molecule has 0 aliphatic heterocycles. The van der Waals surface area contributed by atoms with Gasteiger partial charge in [-0.3, -0.25) is 4.79 Å². The number of nitrogens with two attached hydrogens (primary N) is 2. The van der Waals surface area contributed by atoms with Crippen molar-refractivity contribution in [3.63, 3.8) is 0 Å². The van der Waals surface area contributed by atoms with Gasteiger partial charge >= 0.3 is 0 Å². The molecule has 0 spiro atoms. The van der Waals surface area contributed by atoms with Crippen molar-refractivity contribution in [2.75, 3.05) is 0 Å². The molecule has 0 aromatic rings. The van der Waals surface area contributed by atoms with Gasteiger partial charge in [-0.05, 0) is 19.8 Å². The third-order valence-corrected chi connectivity index (χ3v) is 2.15. The molecule has 0 radical (unpaired) electrons. The van der Waals surface area contributed by atoms with Gasteiger partial charge in [0, 0.05) is 11.3 Å². The van der Waals surface area contributed by atoms with Crippen molar-refractivity contribution < 1.29 is 4.79 Å². The van der Waals surface area contributed by atoms with E-state index in [1.54, 1.807) is 6.92 Å². The summed E-state index contributed by atoms with van der Waals surface area (Å²) in [5.41, 5.74) is 11.9. The monoisotopic (exact) mass is 184 g/mol. The first-order valence-corrected chi connectivity index (χ1v) is 4.84. The van der Waals surface area contributed by atoms with E-state index in [2.05, 4.69) is 6.92 Å². The molecule has 76 valence electrons. The summed E-state index contributed by atoms with van der Waals surface area (Å²) in [6.07, 6.45) is 5.43. The number of amides is 1. The van der Waals surface area contributed by atoms with E-state index < -0.39 is 5.91 Å². The molecule has 0 fully saturated rings. The zero-order valence-electron chi connectivity index (χ0n) is 8.60. The molecule has 3 nitrogen and oxygen atoms in total. The van der Waals surface area contributed by atoms with Crippen LogP contribution in [-0.4, -0.2) is 5.91 Å². The first kappa shape index (κ1) is 12.0. The summed E-state index contributed by atoms with van der Waals surface area (Å²) >= 11 is 0. The van der Waals surface area contributed by atoms with Crippen LogP contribution in [0.4, 0.5) is 0 Å². The molecule has 0 saturated carbocycles. The quantitative estimate of drug-likeness (QED) is 0.487. The number of primary amides is 1. The van der Waals surface area contributed by atoms with Gasteiger partial charge in [0.05, 0.1) is 0 Å². The molecule has 0 saturated heterocycles. The summed E-state index contributed by atoms with van der Waals surface area (Å²) in [6, 6.07) is 0. The summed E-state index contributed by atoms with van der Waals surface area (Å²) in [4.78, 5) is 10.7. The molecule has 1 amide bonds. The Balaban J connectivity index is 3.79. The number of carbonyl (C=O) groups is 1. The van der Waals surface area contributed by atoms with E-state index in [-0.39, 0.29) is 0 Å². The molecule has 0 rings (SSSR count). The lowest BCUT2D eigenvalue weighted by molar-refractivity contribution is -0.114. The van der Waals surface area contributed by atoms with E-state index in [1.165, 1.54) is 19.3 Å². The van der Waals surface area contributed by atoms with Crippen LogP contribution in [0.1, 0.15) is 46.0 Å². The van der Waals surface area contributed by atoms with Crippen molar-refractivity contribution in [3.05, 3.63) is 11.3 Å². The number of allylic oxidation sites excluding steroid dienone is 1. The molecule has 0 aromatic heterocycles. The van der Waals surface area contributed by atoms with E-state index in [0.29, 0.717) is 11.3 Å². The molecule has 0 unspecified atom stereocenters. The third kappa shape index (κ3) is 5.28. The minimum absolute atomic E-state index is 0.409. The number of rotatable bonds is 6. The number of hydrogen-bond acceptors (Lipinski definition) is 2. The number of carbonyl (C=O) groups excluding carboxylic acids is 1. The zero-order valence-corrected chi connectivity index (χ0v) is 8.60. The normalized spacial score (nSPS) is 12.5. The summed E-state index contributed by atoms with van der Waals surface area (Å²) in [6.45, 7) is 3.84. The minimum Gasteiger partial charge on any atom is -0.402 e. The summed E-state index contributed by atoms with van der Waals surface area (Å²) in [5.74, 6) is -0.409. The molecule has 0 aromatic carbocycles. The molecule has 0 aliphatic rings. The Labute approximate surface area is 80.2 Å². The van der Waals surface area contributed by atoms with Gasteiger partial charge in [-0.1, -0.05) is 26.2 Å². The zero-order chi connectivity index (χ0) is 10.3. The molecule has 0 aliphatic carbocycles. The van der Waals surface area contributed by atoms with Crippen LogP contribution in [0.2, 0.25) is 0 Å². The van der Waals surface area contributed by atoms with Gasteiger partial charge in [-0.25, -0.2) is 0 Å². The molecule has 0 heterocycles. The maximum absolute atomic E-state index is 10.7. The molecule has 0 atom stereocenters. The second-order valence-electron chi connectivity index (χ2n) is 3.33. The highest BCUT2D eigenvalue weighted by molar-refractivity contribution is 5.91. The van der Waals surface area contributed by atoms with Crippen LogP contribution in [0.25, 0.3) is 0 Å². The van der Waals surface area contributed by atoms with Crippen LogP contribution >= 0.6 is 0 Å².